The van der Waals surface area contributed by atoms with Crippen LogP contribution in [-0.4, -0.2) is 11.3 Å². The molecule has 0 fully saturated rings. The molecule has 66 valence electrons. The Kier molecular flexibility index (Phi) is 2.97. The highest BCUT2D eigenvalue weighted by molar-refractivity contribution is 7.94. The van der Waals surface area contributed by atoms with Gasteiger partial charge in [0.15, 0.2) is 0 Å². The van der Waals surface area contributed by atoms with Crippen LogP contribution in [0.1, 0.15) is 5.01 Å². The lowest BCUT2D eigenvalue weighted by Crippen LogP contribution is -2.07. The van der Waals surface area contributed by atoms with Crippen LogP contribution in [0.3, 0.4) is 0 Å². The van der Waals surface area contributed by atoms with Crippen molar-refractivity contribution in [1.29, 1.82) is 0 Å². The van der Waals surface area contributed by atoms with E-state index in [1.807, 2.05) is 0 Å². The van der Waals surface area contributed by atoms with E-state index in [4.69, 9.17) is 6.92 Å². The van der Waals surface area contributed by atoms with E-state index in [-0.39, 0.29) is 22.1 Å². The minimum atomic E-state index is -4.65. The summed E-state index contributed by atoms with van der Waals surface area (Å²) in [7, 11) is 0. The van der Waals surface area contributed by atoms with Gasteiger partial charge in [0.05, 0.1) is 17.1 Å². The van der Waals surface area contributed by atoms with E-state index in [1.54, 1.807) is 0 Å². The zero-order valence-electron chi connectivity index (χ0n) is 5.46. The van der Waals surface area contributed by atoms with Gasteiger partial charge in [-0.15, -0.1) is 24.5 Å². The number of halogens is 3. The Bertz CT molecular complexity index is 259. The minimum Gasteiger partial charge on any atom is -0.232 e. The molecule has 0 spiro atoms. The number of aromatic nitrogens is 1. The van der Waals surface area contributed by atoms with Crippen LogP contribution in [0.5, 0.6) is 0 Å². The Morgan fingerprint density at radius 2 is 2.25 bits per heavy atom. The smallest absolute Gasteiger partial charge is 0.232 e. The highest BCUT2D eigenvalue weighted by atomic mass is 32.2. The third-order valence-electron chi connectivity index (χ3n) is 0.722. The molecule has 1 heterocycles. The van der Waals surface area contributed by atoms with E-state index >= 15 is 0 Å². The molecule has 2 radical (unpaired) electrons. The van der Waals surface area contributed by atoms with Crippen LogP contribution in [0.2, 0.25) is 0 Å². The molecule has 0 saturated heterocycles. The van der Waals surface area contributed by atoms with E-state index in [0.717, 1.165) is 11.3 Å². The van der Waals surface area contributed by atoms with E-state index in [9.17, 15) is 13.2 Å². The van der Waals surface area contributed by atoms with Crippen molar-refractivity contribution in [3.63, 3.8) is 0 Å². The van der Waals surface area contributed by atoms with Gasteiger partial charge in [0, 0.05) is 12.3 Å². The molecule has 0 aliphatic carbocycles. The summed E-state index contributed by atoms with van der Waals surface area (Å²) in [6, 6.07) is 0. The number of hydrogen-bond donors (Lipinski definition) is 0. The predicted octanol–water partition coefficient (Wildman–Crippen LogP) is 2.75. The normalized spacial score (nSPS) is 12.0. The lowest BCUT2D eigenvalue weighted by Gasteiger charge is -2.02. The second-order valence-corrected chi connectivity index (χ2v) is 3.28. The van der Waals surface area contributed by atoms with Crippen LogP contribution in [0.25, 0.3) is 0 Å². The van der Waals surface area contributed by atoms with Gasteiger partial charge in [0.1, 0.15) is 5.03 Å². The number of alkyl halides is 3. The molecule has 12 heavy (non-hydrogen) atoms. The Labute approximate surface area is 75.0 Å². The Balaban J connectivity index is 2.44. The zero-order chi connectivity index (χ0) is 9.19. The molecule has 1 aromatic heterocycles. The summed E-state index contributed by atoms with van der Waals surface area (Å²) >= 11 is 1.20. The molecule has 0 amide bonds. The molecule has 0 atom stereocenters. The minimum absolute atomic E-state index is 0.106. The average molecular weight is 213 g/mol. The van der Waals surface area contributed by atoms with E-state index in [2.05, 4.69) is 9.17 Å². The molecule has 0 aliphatic heterocycles. The maximum atomic E-state index is 11.4. The molecular formula is C5H2F3NOS2. The fourth-order valence-corrected chi connectivity index (χ4v) is 1.50. The van der Waals surface area contributed by atoms with Crippen molar-refractivity contribution in [3.8, 4) is 0 Å². The first-order valence-corrected chi connectivity index (χ1v) is 4.23. The first kappa shape index (κ1) is 9.82. The van der Waals surface area contributed by atoms with Gasteiger partial charge in [-0.25, -0.2) is 9.17 Å². The van der Waals surface area contributed by atoms with Gasteiger partial charge in [-0.3, -0.25) is 0 Å². The molecule has 0 aliphatic rings. The number of nitrogens with zero attached hydrogens (tertiary/aromatic N) is 1. The van der Waals surface area contributed by atoms with Gasteiger partial charge in [-0.1, -0.05) is 0 Å². The van der Waals surface area contributed by atoms with E-state index < -0.39 is 6.36 Å². The molecule has 0 N–H and O–H groups in total. The zero-order valence-corrected chi connectivity index (χ0v) is 7.09. The summed E-state index contributed by atoms with van der Waals surface area (Å²) < 4.78 is 37.8. The van der Waals surface area contributed by atoms with E-state index in [1.165, 1.54) is 5.38 Å². The second kappa shape index (κ2) is 3.63. The topological polar surface area (TPSA) is 22.1 Å². The summed E-state index contributed by atoms with van der Waals surface area (Å²) in [5.41, 5.74) is 0. The number of rotatable bonds is 2. The summed E-state index contributed by atoms with van der Waals surface area (Å²) in [6.07, 6.45) is -4.65. The van der Waals surface area contributed by atoms with Crippen LogP contribution in [0.4, 0.5) is 13.2 Å². The molecule has 2 nitrogen and oxygen atoms in total. The van der Waals surface area contributed by atoms with E-state index in [0.29, 0.717) is 0 Å². The van der Waals surface area contributed by atoms with Crippen molar-refractivity contribution in [2.75, 3.05) is 0 Å². The quantitative estimate of drug-likeness (QED) is 0.705. The first-order chi connectivity index (χ1) is 5.47. The van der Waals surface area contributed by atoms with Crippen molar-refractivity contribution in [2.45, 2.75) is 11.4 Å². The second-order valence-electron chi connectivity index (χ2n) is 1.64. The Morgan fingerprint density at radius 1 is 1.58 bits per heavy atom. The summed E-state index contributed by atoms with van der Waals surface area (Å²) in [5.74, 6) is 0. The summed E-state index contributed by atoms with van der Waals surface area (Å²) in [5, 5.41) is 1.70. The van der Waals surface area contributed by atoms with Gasteiger partial charge < -0.3 is 0 Å². The Hall–Kier alpha value is -0.270. The van der Waals surface area contributed by atoms with Gasteiger partial charge in [0.2, 0.25) is 0 Å². The van der Waals surface area contributed by atoms with Gasteiger partial charge in [-0.05, 0) is 0 Å². The molecule has 1 rings (SSSR count). The monoisotopic (exact) mass is 213 g/mol. The SMILES string of the molecule is [CH]c1nc(SOC(F)(F)F)cs1. The Morgan fingerprint density at radius 3 is 2.67 bits per heavy atom. The average Bonchev–Trinajstić information content (AvgIpc) is 2.30. The van der Waals surface area contributed by atoms with Crippen molar-refractivity contribution in [1.82, 2.24) is 4.98 Å². The van der Waals surface area contributed by atoms with Crippen molar-refractivity contribution in [2.24, 2.45) is 0 Å². The van der Waals surface area contributed by atoms with Gasteiger partial charge >= 0.3 is 6.36 Å². The molecule has 7 heteroatoms. The molecule has 0 aromatic carbocycles. The lowest BCUT2D eigenvalue weighted by atomic mass is 10.8. The van der Waals surface area contributed by atoms with Crippen LogP contribution in [0.15, 0.2) is 10.4 Å². The molecule has 0 unspecified atom stereocenters. The number of hydrogen-bond acceptors (Lipinski definition) is 4. The van der Waals surface area contributed by atoms with Crippen LogP contribution in [0, 0.1) is 6.92 Å². The van der Waals surface area contributed by atoms with Crippen molar-refractivity contribution in [3.05, 3.63) is 17.3 Å². The first-order valence-electron chi connectivity index (χ1n) is 2.61. The lowest BCUT2D eigenvalue weighted by molar-refractivity contribution is -0.267. The largest absolute Gasteiger partial charge is 0.534 e. The maximum Gasteiger partial charge on any atom is 0.534 e. The van der Waals surface area contributed by atoms with Gasteiger partial charge in [-0.2, -0.15) is 0 Å². The third-order valence-corrected chi connectivity index (χ3v) is 2.20. The van der Waals surface area contributed by atoms with Crippen molar-refractivity contribution >= 4 is 23.4 Å². The number of thiazole rings is 1. The predicted molar refractivity (Wildman–Crippen MR) is 38.5 cm³/mol. The molecule has 0 saturated carbocycles. The van der Waals surface area contributed by atoms with Gasteiger partial charge in [0.25, 0.3) is 0 Å². The maximum absolute atomic E-state index is 11.4. The summed E-state index contributed by atoms with van der Waals surface area (Å²) in [6.45, 7) is 5.18. The fraction of sp³-hybridized carbons (Fsp3) is 0.200. The van der Waals surface area contributed by atoms with Crippen LogP contribution in [-0.2, 0) is 4.18 Å². The highest BCUT2D eigenvalue weighted by Gasteiger charge is 2.30. The summed E-state index contributed by atoms with van der Waals surface area (Å²) in [4.78, 5) is 3.55. The molecule has 0 bridgehead atoms. The van der Waals surface area contributed by atoms with Crippen LogP contribution < -0.4 is 0 Å². The molecular weight excluding hydrogens is 211 g/mol. The van der Waals surface area contributed by atoms with Crippen LogP contribution >= 0.6 is 23.4 Å². The third kappa shape index (κ3) is 3.42. The fourth-order valence-electron chi connectivity index (χ4n) is 0.400. The molecule has 1 aromatic rings. The standard InChI is InChI=1S/C5H2F3NOS2/c1-3-9-4(2-11-3)12-10-5(6,7)8/h1-2H. The van der Waals surface area contributed by atoms with Crippen molar-refractivity contribution < 1.29 is 17.4 Å². The highest BCUT2D eigenvalue weighted by Crippen LogP contribution is 2.29.